The van der Waals surface area contributed by atoms with Crippen molar-refractivity contribution in [2.75, 3.05) is 12.4 Å². The lowest BCUT2D eigenvalue weighted by atomic mass is 10.1. The van der Waals surface area contributed by atoms with Crippen molar-refractivity contribution in [3.63, 3.8) is 0 Å². The van der Waals surface area contributed by atoms with Gasteiger partial charge in [-0.1, -0.05) is 0 Å². The Morgan fingerprint density at radius 2 is 1.72 bits per heavy atom. The molecule has 0 atom stereocenters. The molecule has 2 saturated carbocycles. The van der Waals surface area contributed by atoms with Gasteiger partial charge in [-0.2, -0.15) is 0 Å². The molecule has 1 aromatic rings. The highest BCUT2D eigenvalue weighted by Crippen LogP contribution is 2.47. The summed E-state index contributed by atoms with van der Waals surface area (Å²) in [4.78, 5) is 0. The lowest BCUT2D eigenvalue weighted by molar-refractivity contribution is 0.412. The number of halogens is 2. The van der Waals surface area contributed by atoms with Crippen molar-refractivity contribution < 1.29 is 4.74 Å². The number of methoxy groups -OCH3 is 1. The van der Waals surface area contributed by atoms with Crippen LogP contribution in [0.2, 0.25) is 0 Å². The number of benzene rings is 1. The Bertz CT molecular complexity index is 443. The van der Waals surface area contributed by atoms with E-state index in [1.807, 2.05) is 0 Å². The van der Waals surface area contributed by atoms with Gasteiger partial charge in [-0.3, -0.25) is 0 Å². The van der Waals surface area contributed by atoms with Gasteiger partial charge in [0.15, 0.2) is 0 Å². The maximum absolute atomic E-state index is 5.37. The third-order valence-corrected chi connectivity index (χ3v) is 5.10. The van der Waals surface area contributed by atoms with Crippen molar-refractivity contribution in [3.05, 3.63) is 21.1 Å². The van der Waals surface area contributed by atoms with Gasteiger partial charge >= 0.3 is 0 Å². The maximum Gasteiger partial charge on any atom is 0.135 e. The Morgan fingerprint density at radius 1 is 1.11 bits per heavy atom. The van der Waals surface area contributed by atoms with Crippen molar-refractivity contribution in [1.29, 1.82) is 0 Å². The smallest absolute Gasteiger partial charge is 0.135 e. The normalized spacial score (nSPS) is 19.1. The maximum atomic E-state index is 5.37. The van der Waals surface area contributed by atoms with Crippen molar-refractivity contribution in [2.24, 2.45) is 11.8 Å². The first-order valence-corrected chi connectivity index (χ1v) is 8.07. The van der Waals surface area contributed by atoms with Crippen molar-refractivity contribution >= 4 is 37.5 Å². The number of anilines is 1. The molecule has 2 fully saturated rings. The van der Waals surface area contributed by atoms with E-state index in [0.717, 1.165) is 32.2 Å². The molecule has 0 bridgehead atoms. The highest BCUT2D eigenvalue weighted by Gasteiger charge is 2.41. The van der Waals surface area contributed by atoms with Crippen LogP contribution < -0.4 is 10.1 Å². The third-order valence-electron chi connectivity index (χ3n) is 3.82. The number of rotatable bonds is 5. The second-order valence-electron chi connectivity index (χ2n) is 5.31. The van der Waals surface area contributed by atoms with Crippen LogP contribution in [0.25, 0.3) is 0 Å². The molecule has 18 heavy (non-hydrogen) atoms. The SMILES string of the molecule is COc1cc(NC(C2CC2)C2CC2)c(Br)cc1Br. The summed E-state index contributed by atoms with van der Waals surface area (Å²) >= 11 is 7.14. The molecule has 1 N–H and O–H groups in total. The summed E-state index contributed by atoms with van der Waals surface area (Å²) < 4.78 is 7.45. The predicted molar refractivity (Wildman–Crippen MR) is 81.3 cm³/mol. The molecule has 3 rings (SSSR count). The van der Waals surface area contributed by atoms with E-state index < -0.39 is 0 Å². The molecule has 1 aromatic carbocycles. The van der Waals surface area contributed by atoms with Gasteiger partial charge in [0, 0.05) is 16.6 Å². The Hall–Kier alpha value is -0.220. The Kier molecular flexibility index (Phi) is 3.59. The number of ether oxygens (including phenoxy) is 1. The van der Waals surface area contributed by atoms with Crippen LogP contribution in [0.5, 0.6) is 5.75 Å². The first-order valence-electron chi connectivity index (χ1n) is 6.48. The van der Waals surface area contributed by atoms with E-state index in [1.54, 1.807) is 7.11 Å². The summed E-state index contributed by atoms with van der Waals surface area (Å²) in [5.41, 5.74) is 1.15. The van der Waals surface area contributed by atoms with Crippen LogP contribution in [-0.4, -0.2) is 13.2 Å². The lowest BCUT2D eigenvalue weighted by Crippen LogP contribution is -2.24. The van der Waals surface area contributed by atoms with Gasteiger partial charge in [-0.15, -0.1) is 0 Å². The van der Waals surface area contributed by atoms with E-state index in [2.05, 4.69) is 49.3 Å². The summed E-state index contributed by atoms with van der Waals surface area (Å²) in [6, 6.07) is 4.79. The van der Waals surface area contributed by atoms with Gasteiger partial charge in [0.25, 0.3) is 0 Å². The molecule has 0 aromatic heterocycles. The molecule has 0 radical (unpaired) electrons. The average molecular weight is 375 g/mol. The fourth-order valence-corrected chi connectivity index (χ4v) is 3.78. The minimum Gasteiger partial charge on any atom is -0.495 e. The number of hydrogen-bond donors (Lipinski definition) is 1. The van der Waals surface area contributed by atoms with Crippen LogP contribution in [0.3, 0.4) is 0 Å². The van der Waals surface area contributed by atoms with Gasteiger partial charge in [-0.25, -0.2) is 0 Å². The summed E-state index contributed by atoms with van der Waals surface area (Å²) in [6.45, 7) is 0. The van der Waals surface area contributed by atoms with Crippen LogP contribution in [0, 0.1) is 11.8 Å². The highest BCUT2D eigenvalue weighted by molar-refractivity contribution is 9.11. The lowest BCUT2D eigenvalue weighted by Gasteiger charge is -2.21. The minimum atomic E-state index is 0.659. The zero-order valence-corrected chi connectivity index (χ0v) is 13.6. The molecule has 0 amide bonds. The van der Waals surface area contributed by atoms with Gasteiger partial charge in [-0.05, 0) is 75.4 Å². The molecule has 0 unspecified atom stereocenters. The number of hydrogen-bond acceptors (Lipinski definition) is 2. The Balaban J connectivity index is 1.82. The van der Waals surface area contributed by atoms with E-state index in [9.17, 15) is 0 Å². The fourth-order valence-electron chi connectivity index (χ4n) is 2.51. The van der Waals surface area contributed by atoms with E-state index >= 15 is 0 Å². The zero-order chi connectivity index (χ0) is 12.7. The van der Waals surface area contributed by atoms with Crippen LogP contribution in [0.15, 0.2) is 21.1 Å². The summed E-state index contributed by atoms with van der Waals surface area (Å²) in [5.74, 6) is 2.66. The molecule has 0 spiro atoms. The summed E-state index contributed by atoms with van der Waals surface area (Å²) in [7, 11) is 1.71. The van der Waals surface area contributed by atoms with Crippen molar-refractivity contribution in [3.8, 4) is 5.75 Å². The Labute approximate surface area is 125 Å². The molecule has 2 aliphatic carbocycles. The largest absolute Gasteiger partial charge is 0.495 e. The summed E-state index contributed by atoms with van der Waals surface area (Å²) in [5, 5.41) is 3.73. The van der Waals surface area contributed by atoms with Crippen molar-refractivity contribution in [1.82, 2.24) is 0 Å². The van der Waals surface area contributed by atoms with Gasteiger partial charge < -0.3 is 10.1 Å². The first kappa shape index (κ1) is 12.8. The molecule has 0 aliphatic heterocycles. The van der Waals surface area contributed by atoms with Crippen LogP contribution in [0.1, 0.15) is 25.7 Å². The van der Waals surface area contributed by atoms with E-state index in [-0.39, 0.29) is 0 Å². The van der Waals surface area contributed by atoms with E-state index in [1.165, 1.54) is 25.7 Å². The molecule has 98 valence electrons. The molecule has 0 heterocycles. The van der Waals surface area contributed by atoms with Crippen LogP contribution in [0.4, 0.5) is 5.69 Å². The molecular weight excluding hydrogens is 358 g/mol. The van der Waals surface area contributed by atoms with Gasteiger partial charge in [0.05, 0.1) is 17.3 Å². The highest BCUT2D eigenvalue weighted by atomic mass is 79.9. The van der Waals surface area contributed by atoms with Gasteiger partial charge in [0.1, 0.15) is 5.75 Å². The first-order chi connectivity index (χ1) is 8.69. The van der Waals surface area contributed by atoms with E-state index in [0.29, 0.717) is 6.04 Å². The standard InChI is InChI=1S/C14H17Br2NO/c1-18-13-7-12(10(15)6-11(13)16)17-14(8-2-3-8)9-4-5-9/h6-9,14,17H,2-5H2,1H3. The Morgan fingerprint density at radius 3 is 2.22 bits per heavy atom. The van der Waals surface area contributed by atoms with Gasteiger partial charge in [0.2, 0.25) is 0 Å². The van der Waals surface area contributed by atoms with E-state index in [4.69, 9.17) is 4.74 Å². The molecule has 4 heteroatoms. The topological polar surface area (TPSA) is 21.3 Å². The second kappa shape index (κ2) is 5.04. The monoisotopic (exact) mass is 373 g/mol. The molecule has 2 nitrogen and oxygen atoms in total. The fraction of sp³-hybridized carbons (Fsp3) is 0.571. The van der Waals surface area contributed by atoms with Crippen LogP contribution in [-0.2, 0) is 0 Å². The zero-order valence-electron chi connectivity index (χ0n) is 10.4. The summed E-state index contributed by atoms with van der Waals surface area (Å²) in [6.07, 6.45) is 5.55. The predicted octanol–water partition coefficient (Wildman–Crippen LogP) is 4.82. The molecular formula is C14H17Br2NO. The quantitative estimate of drug-likeness (QED) is 0.797. The average Bonchev–Trinajstić information content (AvgIpc) is 3.21. The second-order valence-corrected chi connectivity index (χ2v) is 7.02. The number of nitrogens with one attached hydrogen (secondary N) is 1. The molecule has 2 aliphatic rings. The molecule has 0 saturated heterocycles. The van der Waals surface area contributed by atoms with Crippen molar-refractivity contribution in [2.45, 2.75) is 31.7 Å². The minimum absolute atomic E-state index is 0.659. The van der Waals surface area contributed by atoms with Crippen LogP contribution >= 0.6 is 31.9 Å². The third kappa shape index (κ3) is 2.69.